The zero-order chi connectivity index (χ0) is 15.2. The van der Waals surface area contributed by atoms with Crippen molar-refractivity contribution in [3.05, 3.63) is 59.9 Å². The van der Waals surface area contributed by atoms with Gasteiger partial charge >= 0.3 is 0 Å². The SMILES string of the molecule is CC(C)Oc1cccc(C(C)NC(C)c2ccncc2)c1. The van der Waals surface area contributed by atoms with Gasteiger partial charge in [-0.25, -0.2) is 0 Å². The van der Waals surface area contributed by atoms with E-state index < -0.39 is 0 Å². The smallest absolute Gasteiger partial charge is 0.120 e. The van der Waals surface area contributed by atoms with Crippen LogP contribution in [-0.4, -0.2) is 11.1 Å². The number of aromatic nitrogens is 1. The average Bonchev–Trinajstić information content (AvgIpc) is 2.47. The van der Waals surface area contributed by atoms with Crippen molar-refractivity contribution in [3.63, 3.8) is 0 Å². The summed E-state index contributed by atoms with van der Waals surface area (Å²) in [5.74, 6) is 0.924. The van der Waals surface area contributed by atoms with E-state index in [1.165, 1.54) is 11.1 Å². The lowest BCUT2D eigenvalue weighted by molar-refractivity contribution is 0.242. The topological polar surface area (TPSA) is 34.1 Å². The molecule has 0 bridgehead atoms. The third-order valence-electron chi connectivity index (χ3n) is 3.44. The van der Waals surface area contributed by atoms with Crippen LogP contribution in [0.5, 0.6) is 5.75 Å². The molecule has 2 atom stereocenters. The van der Waals surface area contributed by atoms with Crippen LogP contribution >= 0.6 is 0 Å². The van der Waals surface area contributed by atoms with Crippen LogP contribution in [0.3, 0.4) is 0 Å². The van der Waals surface area contributed by atoms with Gasteiger partial charge < -0.3 is 10.1 Å². The van der Waals surface area contributed by atoms with Crippen LogP contribution in [0.4, 0.5) is 0 Å². The fourth-order valence-electron chi connectivity index (χ4n) is 2.35. The predicted molar refractivity (Wildman–Crippen MR) is 86.4 cm³/mol. The minimum atomic E-state index is 0.194. The second-order valence-electron chi connectivity index (χ2n) is 5.63. The van der Waals surface area contributed by atoms with Gasteiger partial charge in [0.25, 0.3) is 0 Å². The lowest BCUT2D eigenvalue weighted by Crippen LogP contribution is -2.22. The molecule has 112 valence electrons. The summed E-state index contributed by atoms with van der Waals surface area (Å²) in [4.78, 5) is 4.06. The molecule has 1 N–H and O–H groups in total. The molecule has 0 fully saturated rings. The molecule has 2 unspecified atom stereocenters. The summed E-state index contributed by atoms with van der Waals surface area (Å²) in [6, 6.07) is 12.9. The number of pyridine rings is 1. The van der Waals surface area contributed by atoms with Crippen LogP contribution in [0.1, 0.15) is 50.9 Å². The Bertz CT molecular complexity index is 554. The van der Waals surface area contributed by atoms with Gasteiger partial charge in [0.2, 0.25) is 0 Å². The van der Waals surface area contributed by atoms with Crippen LogP contribution in [0, 0.1) is 0 Å². The molecule has 21 heavy (non-hydrogen) atoms. The van der Waals surface area contributed by atoms with Gasteiger partial charge in [-0.05, 0) is 63.1 Å². The maximum atomic E-state index is 5.76. The highest BCUT2D eigenvalue weighted by Crippen LogP contribution is 2.23. The van der Waals surface area contributed by atoms with Crippen LogP contribution in [0.25, 0.3) is 0 Å². The molecule has 2 aromatic rings. The number of nitrogens with one attached hydrogen (secondary N) is 1. The Morgan fingerprint density at radius 2 is 1.57 bits per heavy atom. The average molecular weight is 284 g/mol. The monoisotopic (exact) mass is 284 g/mol. The van der Waals surface area contributed by atoms with Gasteiger partial charge in [-0.2, -0.15) is 0 Å². The first-order chi connectivity index (χ1) is 10.1. The zero-order valence-corrected chi connectivity index (χ0v) is 13.2. The fourth-order valence-corrected chi connectivity index (χ4v) is 2.35. The van der Waals surface area contributed by atoms with E-state index in [0.29, 0.717) is 0 Å². The molecule has 0 saturated carbocycles. The molecule has 0 radical (unpaired) electrons. The number of benzene rings is 1. The van der Waals surface area contributed by atoms with E-state index in [9.17, 15) is 0 Å². The first kappa shape index (κ1) is 15.5. The van der Waals surface area contributed by atoms with Gasteiger partial charge in [0.15, 0.2) is 0 Å². The number of hydrogen-bond donors (Lipinski definition) is 1. The van der Waals surface area contributed by atoms with Gasteiger partial charge in [-0.1, -0.05) is 12.1 Å². The van der Waals surface area contributed by atoms with Crippen LogP contribution in [0.15, 0.2) is 48.8 Å². The summed E-state index contributed by atoms with van der Waals surface area (Å²) in [6.07, 6.45) is 3.85. The summed E-state index contributed by atoms with van der Waals surface area (Å²) in [7, 11) is 0. The first-order valence-corrected chi connectivity index (χ1v) is 7.49. The van der Waals surface area contributed by atoms with E-state index >= 15 is 0 Å². The summed E-state index contributed by atoms with van der Waals surface area (Å²) in [5, 5.41) is 3.61. The minimum absolute atomic E-state index is 0.194. The highest BCUT2D eigenvalue weighted by atomic mass is 16.5. The van der Waals surface area contributed by atoms with Gasteiger partial charge in [0.05, 0.1) is 6.10 Å². The number of nitrogens with zero attached hydrogens (tertiary/aromatic N) is 1. The largest absolute Gasteiger partial charge is 0.491 e. The Morgan fingerprint density at radius 1 is 0.905 bits per heavy atom. The molecule has 0 spiro atoms. The Kier molecular flexibility index (Phi) is 5.34. The second kappa shape index (κ2) is 7.23. The lowest BCUT2D eigenvalue weighted by atomic mass is 10.0. The Morgan fingerprint density at radius 3 is 2.24 bits per heavy atom. The zero-order valence-electron chi connectivity index (χ0n) is 13.2. The quantitative estimate of drug-likeness (QED) is 0.859. The van der Waals surface area contributed by atoms with E-state index in [-0.39, 0.29) is 18.2 Å². The van der Waals surface area contributed by atoms with Gasteiger partial charge in [0, 0.05) is 24.5 Å². The Labute approximate surface area is 127 Å². The minimum Gasteiger partial charge on any atom is -0.491 e. The van der Waals surface area contributed by atoms with Crippen LogP contribution in [-0.2, 0) is 0 Å². The van der Waals surface area contributed by atoms with Crippen molar-refractivity contribution in [3.8, 4) is 5.75 Å². The lowest BCUT2D eigenvalue weighted by Gasteiger charge is -2.21. The van der Waals surface area contributed by atoms with Crippen molar-refractivity contribution in [1.29, 1.82) is 0 Å². The highest BCUT2D eigenvalue weighted by molar-refractivity contribution is 5.30. The highest BCUT2D eigenvalue weighted by Gasteiger charge is 2.11. The molecule has 0 saturated heterocycles. The molecule has 3 heteroatoms. The molecular formula is C18H24N2O. The van der Waals surface area contributed by atoms with Crippen molar-refractivity contribution in [2.45, 2.75) is 45.9 Å². The normalized spacial score (nSPS) is 14.0. The molecule has 0 aliphatic heterocycles. The van der Waals surface area contributed by atoms with E-state index in [1.807, 2.05) is 50.5 Å². The fraction of sp³-hybridized carbons (Fsp3) is 0.389. The van der Waals surface area contributed by atoms with Gasteiger partial charge in [-0.15, -0.1) is 0 Å². The molecule has 0 aliphatic rings. The van der Waals surface area contributed by atoms with E-state index in [2.05, 4.69) is 36.3 Å². The van der Waals surface area contributed by atoms with Crippen molar-refractivity contribution in [1.82, 2.24) is 10.3 Å². The van der Waals surface area contributed by atoms with Crippen molar-refractivity contribution >= 4 is 0 Å². The molecule has 0 aliphatic carbocycles. The maximum absolute atomic E-state index is 5.76. The standard InChI is InChI=1S/C18H24N2O/c1-13(2)21-18-7-5-6-17(12-18)15(4)20-14(3)16-8-10-19-11-9-16/h5-15,20H,1-4H3. The molecule has 0 amide bonds. The first-order valence-electron chi connectivity index (χ1n) is 7.49. The molecule has 1 heterocycles. The van der Waals surface area contributed by atoms with Crippen LogP contribution < -0.4 is 10.1 Å². The molecule has 3 nitrogen and oxygen atoms in total. The van der Waals surface area contributed by atoms with Crippen LogP contribution in [0.2, 0.25) is 0 Å². The van der Waals surface area contributed by atoms with E-state index in [1.54, 1.807) is 0 Å². The number of ether oxygens (including phenoxy) is 1. The molecule has 1 aromatic heterocycles. The van der Waals surface area contributed by atoms with Gasteiger partial charge in [0.1, 0.15) is 5.75 Å². The summed E-state index contributed by atoms with van der Waals surface area (Å²) in [5.41, 5.74) is 2.47. The van der Waals surface area contributed by atoms with Crippen molar-refractivity contribution < 1.29 is 4.74 Å². The summed E-state index contributed by atoms with van der Waals surface area (Å²) < 4.78 is 5.76. The van der Waals surface area contributed by atoms with Crippen molar-refractivity contribution in [2.75, 3.05) is 0 Å². The third kappa shape index (κ3) is 4.57. The number of rotatable bonds is 6. The second-order valence-corrected chi connectivity index (χ2v) is 5.63. The summed E-state index contributed by atoms with van der Waals surface area (Å²) in [6.45, 7) is 8.42. The Hall–Kier alpha value is -1.87. The maximum Gasteiger partial charge on any atom is 0.120 e. The number of hydrogen-bond acceptors (Lipinski definition) is 3. The van der Waals surface area contributed by atoms with E-state index in [0.717, 1.165) is 5.75 Å². The van der Waals surface area contributed by atoms with Gasteiger partial charge in [-0.3, -0.25) is 4.98 Å². The molecule has 2 rings (SSSR count). The van der Waals surface area contributed by atoms with Crippen molar-refractivity contribution in [2.24, 2.45) is 0 Å². The third-order valence-corrected chi connectivity index (χ3v) is 3.44. The molecule has 1 aromatic carbocycles. The van der Waals surface area contributed by atoms with E-state index in [4.69, 9.17) is 4.74 Å². The molecular weight excluding hydrogens is 260 g/mol. The Balaban J connectivity index is 2.04. The predicted octanol–water partition coefficient (Wildman–Crippen LogP) is 4.28. The summed E-state index contributed by atoms with van der Waals surface area (Å²) >= 11 is 0.